The standard InChI is InChI=1S/C17H27N3O6/c1-11-6-4-5-7-17(11)15(23)20(16(24)19-17)8-14(22)26-10-13(21)18-12(2)9-25-3/h11-12H,4-10H2,1-3H3,(H,18,21)(H,19,24)/t11-,12+,17+/m0/s1. The number of rotatable bonds is 7. The van der Waals surface area contributed by atoms with Crippen molar-refractivity contribution in [1.29, 1.82) is 0 Å². The van der Waals surface area contributed by atoms with E-state index in [4.69, 9.17) is 9.47 Å². The number of hydrogen-bond donors (Lipinski definition) is 2. The summed E-state index contributed by atoms with van der Waals surface area (Å²) in [4.78, 5) is 49.4. The van der Waals surface area contributed by atoms with Gasteiger partial charge in [0, 0.05) is 13.2 Å². The molecule has 0 aromatic carbocycles. The first-order valence-electron chi connectivity index (χ1n) is 8.88. The van der Waals surface area contributed by atoms with Crippen LogP contribution < -0.4 is 10.6 Å². The van der Waals surface area contributed by atoms with Crippen LogP contribution in [0.4, 0.5) is 4.79 Å². The fourth-order valence-corrected chi connectivity index (χ4v) is 3.57. The van der Waals surface area contributed by atoms with Crippen LogP contribution in [0.1, 0.15) is 39.5 Å². The highest BCUT2D eigenvalue weighted by Crippen LogP contribution is 2.38. The number of amides is 4. The van der Waals surface area contributed by atoms with Crippen molar-refractivity contribution in [3.63, 3.8) is 0 Å². The van der Waals surface area contributed by atoms with Crippen molar-refractivity contribution in [3.05, 3.63) is 0 Å². The number of esters is 1. The maximum absolute atomic E-state index is 12.7. The first kappa shape index (κ1) is 20.2. The molecule has 4 amide bonds. The summed E-state index contributed by atoms with van der Waals surface area (Å²) < 4.78 is 9.77. The van der Waals surface area contributed by atoms with Crippen LogP contribution in [0.5, 0.6) is 0 Å². The molecular weight excluding hydrogens is 342 g/mol. The van der Waals surface area contributed by atoms with Crippen molar-refractivity contribution in [3.8, 4) is 0 Å². The number of imide groups is 1. The predicted octanol–water partition coefficient (Wildman–Crippen LogP) is 0.181. The fourth-order valence-electron chi connectivity index (χ4n) is 3.57. The van der Waals surface area contributed by atoms with E-state index in [9.17, 15) is 19.2 Å². The molecule has 1 aliphatic carbocycles. The van der Waals surface area contributed by atoms with Crippen molar-refractivity contribution in [2.45, 2.75) is 51.1 Å². The lowest BCUT2D eigenvalue weighted by Gasteiger charge is -2.36. The van der Waals surface area contributed by atoms with Crippen LogP contribution in [-0.2, 0) is 23.9 Å². The predicted molar refractivity (Wildman–Crippen MR) is 91.0 cm³/mol. The van der Waals surface area contributed by atoms with Crippen LogP contribution in [0.15, 0.2) is 0 Å². The Hall–Kier alpha value is -2.16. The van der Waals surface area contributed by atoms with E-state index in [-0.39, 0.29) is 17.9 Å². The molecule has 1 aliphatic heterocycles. The van der Waals surface area contributed by atoms with Gasteiger partial charge in [-0.3, -0.25) is 19.3 Å². The van der Waals surface area contributed by atoms with Crippen LogP contribution in [0, 0.1) is 5.92 Å². The van der Waals surface area contributed by atoms with Crippen molar-refractivity contribution in [2.24, 2.45) is 5.92 Å². The van der Waals surface area contributed by atoms with E-state index in [2.05, 4.69) is 10.6 Å². The molecule has 146 valence electrons. The van der Waals surface area contributed by atoms with Gasteiger partial charge in [-0.15, -0.1) is 0 Å². The van der Waals surface area contributed by atoms with Crippen molar-refractivity contribution >= 4 is 23.8 Å². The first-order chi connectivity index (χ1) is 12.3. The quantitative estimate of drug-likeness (QED) is 0.489. The topological polar surface area (TPSA) is 114 Å². The molecule has 0 bridgehead atoms. The number of nitrogens with zero attached hydrogens (tertiary/aromatic N) is 1. The summed E-state index contributed by atoms with van der Waals surface area (Å²) >= 11 is 0. The highest BCUT2D eigenvalue weighted by molar-refractivity contribution is 6.09. The van der Waals surface area contributed by atoms with E-state index in [0.29, 0.717) is 13.0 Å². The first-order valence-corrected chi connectivity index (χ1v) is 8.88. The summed E-state index contributed by atoms with van der Waals surface area (Å²) in [5.74, 6) is -1.65. The van der Waals surface area contributed by atoms with E-state index >= 15 is 0 Å². The van der Waals surface area contributed by atoms with Crippen LogP contribution in [0.3, 0.4) is 0 Å². The maximum atomic E-state index is 12.7. The smallest absolute Gasteiger partial charge is 0.326 e. The van der Waals surface area contributed by atoms with Gasteiger partial charge in [0.25, 0.3) is 11.8 Å². The Labute approximate surface area is 152 Å². The molecule has 9 heteroatoms. The molecule has 0 aromatic rings. The molecule has 2 fully saturated rings. The highest BCUT2D eigenvalue weighted by Gasteiger charge is 2.55. The van der Waals surface area contributed by atoms with Crippen LogP contribution in [-0.4, -0.2) is 67.2 Å². The summed E-state index contributed by atoms with van der Waals surface area (Å²) in [5.41, 5.74) is -0.914. The Bertz CT molecular complexity index is 581. The van der Waals surface area contributed by atoms with E-state index in [1.165, 1.54) is 7.11 Å². The molecule has 2 aliphatic rings. The number of hydrogen-bond acceptors (Lipinski definition) is 6. The molecule has 0 unspecified atom stereocenters. The minimum Gasteiger partial charge on any atom is -0.454 e. The molecular formula is C17H27N3O6. The molecule has 0 radical (unpaired) electrons. The summed E-state index contributed by atoms with van der Waals surface area (Å²) in [5, 5.41) is 5.36. The molecule has 1 spiro atoms. The van der Waals surface area contributed by atoms with Gasteiger partial charge in [-0.1, -0.05) is 19.8 Å². The van der Waals surface area contributed by atoms with Gasteiger partial charge in [0.05, 0.1) is 6.61 Å². The number of methoxy groups -OCH3 is 1. The largest absolute Gasteiger partial charge is 0.454 e. The number of carbonyl (C=O) groups is 4. The minimum atomic E-state index is -0.914. The fraction of sp³-hybridized carbons (Fsp3) is 0.765. The summed E-state index contributed by atoms with van der Waals surface area (Å²) in [6.45, 7) is 3.05. The number of carbonyl (C=O) groups excluding carboxylic acids is 4. The molecule has 1 saturated carbocycles. The second kappa shape index (κ2) is 8.48. The van der Waals surface area contributed by atoms with Crippen LogP contribution >= 0.6 is 0 Å². The van der Waals surface area contributed by atoms with Crippen LogP contribution in [0.2, 0.25) is 0 Å². The van der Waals surface area contributed by atoms with Crippen molar-refractivity contribution in [1.82, 2.24) is 15.5 Å². The number of nitrogens with one attached hydrogen (secondary N) is 2. The maximum Gasteiger partial charge on any atom is 0.326 e. The van der Waals surface area contributed by atoms with Gasteiger partial charge in [0.2, 0.25) is 0 Å². The van der Waals surface area contributed by atoms with Crippen molar-refractivity contribution < 1.29 is 28.7 Å². The third-order valence-electron chi connectivity index (χ3n) is 4.98. The van der Waals surface area contributed by atoms with E-state index in [1.807, 2.05) is 6.92 Å². The van der Waals surface area contributed by atoms with Crippen molar-refractivity contribution in [2.75, 3.05) is 26.9 Å². The Morgan fingerprint density at radius 1 is 1.38 bits per heavy atom. The van der Waals surface area contributed by atoms with Gasteiger partial charge >= 0.3 is 12.0 Å². The van der Waals surface area contributed by atoms with Gasteiger partial charge in [-0.2, -0.15) is 0 Å². The monoisotopic (exact) mass is 369 g/mol. The Balaban J connectivity index is 1.86. The Morgan fingerprint density at radius 3 is 2.77 bits per heavy atom. The Kier molecular flexibility index (Phi) is 6.57. The normalized spacial score (nSPS) is 26.6. The third-order valence-corrected chi connectivity index (χ3v) is 4.98. The second-order valence-electron chi connectivity index (χ2n) is 7.02. The van der Waals surface area contributed by atoms with Gasteiger partial charge in [-0.25, -0.2) is 4.79 Å². The molecule has 9 nitrogen and oxygen atoms in total. The van der Waals surface area contributed by atoms with E-state index < -0.39 is 36.6 Å². The second-order valence-corrected chi connectivity index (χ2v) is 7.02. The Morgan fingerprint density at radius 2 is 2.12 bits per heavy atom. The third kappa shape index (κ3) is 4.32. The van der Waals surface area contributed by atoms with Gasteiger partial charge < -0.3 is 20.1 Å². The lowest BCUT2D eigenvalue weighted by atomic mass is 9.73. The van der Waals surface area contributed by atoms with E-state index in [1.54, 1.807) is 6.92 Å². The van der Waals surface area contributed by atoms with Crippen LogP contribution in [0.25, 0.3) is 0 Å². The number of ether oxygens (including phenoxy) is 2. The zero-order chi connectivity index (χ0) is 19.3. The van der Waals surface area contributed by atoms with Gasteiger partial charge in [0.1, 0.15) is 12.1 Å². The molecule has 3 atom stereocenters. The molecule has 26 heavy (non-hydrogen) atoms. The minimum absolute atomic E-state index is 0.0155. The van der Waals surface area contributed by atoms with Gasteiger partial charge in [0.15, 0.2) is 6.61 Å². The average molecular weight is 369 g/mol. The molecule has 0 aromatic heterocycles. The molecule has 1 saturated heterocycles. The highest BCUT2D eigenvalue weighted by atomic mass is 16.5. The average Bonchev–Trinajstić information content (AvgIpc) is 2.81. The van der Waals surface area contributed by atoms with Gasteiger partial charge in [-0.05, 0) is 25.7 Å². The number of urea groups is 1. The lowest BCUT2D eigenvalue weighted by molar-refractivity contribution is -0.151. The summed E-state index contributed by atoms with van der Waals surface area (Å²) in [6.07, 6.45) is 3.30. The summed E-state index contributed by atoms with van der Waals surface area (Å²) in [6, 6.07) is -0.802. The van der Waals surface area contributed by atoms with E-state index in [0.717, 1.165) is 24.2 Å². The molecule has 1 heterocycles. The zero-order valence-electron chi connectivity index (χ0n) is 15.5. The zero-order valence-corrected chi connectivity index (χ0v) is 15.5. The lowest BCUT2D eigenvalue weighted by Crippen LogP contribution is -2.54. The molecule has 2 N–H and O–H groups in total. The SMILES string of the molecule is COC[C@@H](C)NC(=O)COC(=O)CN1C(=O)N[C@@]2(CCCC[C@@H]2C)C1=O. The molecule has 2 rings (SSSR count). The summed E-state index contributed by atoms with van der Waals surface area (Å²) in [7, 11) is 1.51.